The van der Waals surface area contributed by atoms with Crippen molar-refractivity contribution < 1.29 is 19.1 Å². The fourth-order valence-electron chi connectivity index (χ4n) is 3.31. The molecule has 0 fully saturated rings. The van der Waals surface area contributed by atoms with Crippen LogP contribution in [0.3, 0.4) is 0 Å². The second-order valence-electron chi connectivity index (χ2n) is 7.99. The van der Waals surface area contributed by atoms with Gasteiger partial charge in [0.05, 0.1) is 6.21 Å². The summed E-state index contributed by atoms with van der Waals surface area (Å²) in [5.74, 6) is -1.53. The molecule has 180 valence electrons. The first kappa shape index (κ1) is 25.2. The van der Waals surface area contributed by atoms with Crippen molar-refractivity contribution in [2.24, 2.45) is 5.10 Å². The number of anilines is 2. The molecule has 0 saturated carbocycles. The van der Waals surface area contributed by atoms with Gasteiger partial charge in [-0.15, -0.1) is 0 Å². The molecule has 0 heterocycles. The Kier molecular flexibility index (Phi) is 8.72. The molecular formula is C27H28N4O4. The Bertz CT molecular complexity index is 1220. The van der Waals surface area contributed by atoms with E-state index in [0.29, 0.717) is 17.0 Å². The molecule has 3 aromatic carbocycles. The maximum absolute atomic E-state index is 12.2. The van der Waals surface area contributed by atoms with Gasteiger partial charge in [0, 0.05) is 11.4 Å². The number of nitrogens with zero attached hydrogens (tertiary/aromatic N) is 1. The zero-order valence-electron chi connectivity index (χ0n) is 19.9. The van der Waals surface area contributed by atoms with Crippen LogP contribution in [0.4, 0.5) is 11.4 Å². The smallest absolute Gasteiger partial charge is 0.329 e. The summed E-state index contributed by atoms with van der Waals surface area (Å²) in [5.41, 5.74) is 7.30. The third-order valence-corrected chi connectivity index (χ3v) is 4.94. The minimum absolute atomic E-state index is 0.163. The molecule has 0 bridgehead atoms. The molecule has 0 aromatic heterocycles. The highest BCUT2D eigenvalue weighted by atomic mass is 16.5. The standard InChI is InChI=1S/C27H28N4O4/c1-4-20-8-10-22(11-9-20)30-26(33)27(34)31-28-16-21-6-5-7-24(15-21)35-17-25(32)29-23-13-18(2)12-19(3)14-23/h5-16H,4,17H2,1-3H3,(H,29,32)(H,30,33)(H,31,34)/b28-16+. The van der Waals surface area contributed by atoms with Gasteiger partial charge in [-0.3, -0.25) is 14.4 Å². The van der Waals surface area contributed by atoms with Gasteiger partial charge in [0.15, 0.2) is 6.61 Å². The molecule has 8 heteroatoms. The predicted octanol–water partition coefficient (Wildman–Crippen LogP) is 3.97. The molecule has 35 heavy (non-hydrogen) atoms. The number of carbonyl (C=O) groups is 3. The summed E-state index contributed by atoms with van der Waals surface area (Å²) in [6.07, 6.45) is 2.26. The number of carbonyl (C=O) groups excluding carboxylic acids is 3. The van der Waals surface area contributed by atoms with Crippen LogP contribution in [0.1, 0.15) is 29.2 Å². The van der Waals surface area contributed by atoms with Crippen LogP contribution in [0.15, 0.2) is 71.8 Å². The number of ether oxygens (including phenoxy) is 1. The minimum atomic E-state index is -0.892. The lowest BCUT2D eigenvalue weighted by Gasteiger charge is -2.09. The van der Waals surface area contributed by atoms with Crippen molar-refractivity contribution in [1.29, 1.82) is 0 Å². The summed E-state index contributed by atoms with van der Waals surface area (Å²) in [7, 11) is 0. The highest BCUT2D eigenvalue weighted by Gasteiger charge is 2.12. The number of aryl methyl sites for hydroxylation is 3. The lowest BCUT2D eigenvalue weighted by Crippen LogP contribution is -2.32. The van der Waals surface area contributed by atoms with E-state index in [-0.39, 0.29) is 12.5 Å². The maximum atomic E-state index is 12.2. The summed E-state index contributed by atoms with van der Waals surface area (Å²) in [4.78, 5) is 36.2. The average Bonchev–Trinajstić information content (AvgIpc) is 2.83. The Labute approximate surface area is 204 Å². The summed E-state index contributed by atoms with van der Waals surface area (Å²) in [6, 6.07) is 19.9. The molecule has 0 aliphatic heterocycles. The zero-order valence-corrected chi connectivity index (χ0v) is 19.9. The van der Waals surface area contributed by atoms with Crippen LogP contribution in [0.25, 0.3) is 0 Å². The fourth-order valence-corrected chi connectivity index (χ4v) is 3.31. The Morgan fingerprint density at radius 1 is 0.857 bits per heavy atom. The third kappa shape index (κ3) is 8.12. The molecular weight excluding hydrogens is 444 g/mol. The number of amides is 3. The van der Waals surface area contributed by atoms with Crippen molar-refractivity contribution in [1.82, 2.24) is 5.43 Å². The minimum Gasteiger partial charge on any atom is -0.484 e. The normalized spacial score (nSPS) is 10.6. The van der Waals surface area contributed by atoms with E-state index in [2.05, 4.69) is 21.2 Å². The van der Waals surface area contributed by atoms with Gasteiger partial charge in [-0.05, 0) is 78.9 Å². The van der Waals surface area contributed by atoms with Crippen molar-refractivity contribution in [3.05, 3.63) is 89.0 Å². The topological polar surface area (TPSA) is 109 Å². The van der Waals surface area contributed by atoms with E-state index >= 15 is 0 Å². The zero-order chi connectivity index (χ0) is 25.2. The van der Waals surface area contributed by atoms with E-state index in [1.54, 1.807) is 36.4 Å². The van der Waals surface area contributed by atoms with Crippen molar-refractivity contribution in [3.63, 3.8) is 0 Å². The number of nitrogens with one attached hydrogen (secondary N) is 3. The van der Waals surface area contributed by atoms with Gasteiger partial charge >= 0.3 is 11.8 Å². The molecule has 0 unspecified atom stereocenters. The quantitative estimate of drug-likeness (QED) is 0.262. The third-order valence-electron chi connectivity index (χ3n) is 4.94. The van der Waals surface area contributed by atoms with E-state index < -0.39 is 11.8 Å². The van der Waals surface area contributed by atoms with Gasteiger partial charge in [0.1, 0.15) is 5.75 Å². The molecule has 0 aliphatic rings. The van der Waals surface area contributed by atoms with Gasteiger partial charge in [-0.2, -0.15) is 5.10 Å². The van der Waals surface area contributed by atoms with Crippen LogP contribution in [0, 0.1) is 13.8 Å². The molecule has 0 aliphatic carbocycles. The van der Waals surface area contributed by atoms with E-state index in [1.165, 1.54) is 6.21 Å². The number of benzene rings is 3. The van der Waals surface area contributed by atoms with Crippen LogP contribution in [0.2, 0.25) is 0 Å². The van der Waals surface area contributed by atoms with Gasteiger partial charge in [-0.25, -0.2) is 5.43 Å². The van der Waals surface area contributed by atoms with Gasteiger partial charge < -0.3 is 15.4 Å². The Morgan fingerprint density at radius 2 is 1.57 bits per heavy atom. The summed E-state index contributed by atoms with van der Waals surface area (Å²) >= 11 is 0. The highest BCUT2D eigenvalue weighted by Crippen LogP contribution is 2.15. The first-order chi connectivity index (χ1) is 16.8. The molecule has 0 spiro atoms. The van der Waals surface area contributed by atoms with E-state index in [9.17, 15) is 14.4 Å². The molecule has 0 atom stereocenters. The maximum Gasteiger partial charge on any atom is 0.329 e. The summed E-state index contributed by atoms with van der Waals surface area (Å²) in [5, 5.41) is 9.15. The molecule has 3 N–H and O–H groups in total. The monoisotopic (exact) mass is 472 g/mol. The Morgan fingerprint density at radius 3 is 2.26 bits per heavy atom. The van der Waals surface area contributed by atoms with E-state index in [1.807, 2.05) is 51.1 Å². The SMILES string of the molecule is CCc1ccc(NC(=O)C(=O)N/N=C/c2cccc(OCC(=O)Nc3cc(C)cc(C)c3)c2)cc1. The van der Waals surface area contributed by atoms with Crippen molar-refractivity contribution in [2.45, 2.75) is 27.2 Å². The van der Waals surface area contributed by atoms with Crippen molar-refractivity contribution >= 4 is 35.3 Å². The number of hydrogen-bond donors (Lipinski definition) is 3. The van der Waals surface area contributed by atoms with Gasteiger partial charge in [0.2, 0.25) is 0 Å². The summed E-state index contributed by atoms with van der Waals surface area (Å²) in [6.45, 7) is 5.80. The molecule has 8 nitrogen and oxygen atoms in total. The molecule has 3 aromatic rings. The highest BCUT2D eigenvalue weighted by molar-refractivity contribution is 6.39. The van der Waals surface area contributed by atoms with Crippen molar-refractivity contribution in [2.75, 3.05) is 17.2 Å². The molecule has 3 rings (SSSR count). The van der Waals surface area contributed by atoms with Crippen LogP contribution >= 0.6 is 0 Å². The van der Waals surface area contributed by atoms with Crippen molar-refractivity contribution in [3.8, 4) is 5.75 Å². The lowest BCUT2D eigenvalue weighted by molar-refractivity contribution is -0.136. The Balaban J connectivity index is 1.48. The molecule has 0 radical (unpaired) electrons. The molecule has 3 amide bonds. The number of hydrazone groups is 1. The first-order valence-electron chi connectivity index (χ1n) is 11.2. The molecule has 0 saturated heterocycles. The summed E-state index contributed by atoms with van der Waals surface area (Å²) < 4.78 is 5.56. The van der Waals surface area contributed by atoms with Gasteiger partial charge in [-0.1, -0.05) is 37.3 Å². The van der Waals surface area contributed by atoms with E-state index in [4.69, 9.17) is 4.74 Å². The fraction of sp³-hybridized carbons (Fsp3) is 0.185. The lowest BCUT2D eigenvalue weighted by atomic mass is 10.1. The van der Waals surface area contributed by atoms with E-state index in [0.717, 1.165) is 28.8 Å². The van der Waals surface area contributed by atoms with Crippen LogP contribution in [0.5, 0.6) is 5.75 Å². The number of hydrogen-bond acceptors (Lipinski definition) is 5. The Hall–Kier alpha value is -4.46. The van der Waals surface area contributed by atoms with Crippen LogP contribution in [-0.2, 0) is 20.8 Å². The number of rotatable bonds is 8. The second-order valence-corrected chi connectivity index (χ2v) is 7.99. The largest absolute Gasteiger partial charge is 0.484 e. The van der Waals surface area contributed by atoms with Crippen LogP contribution in [-0.4, -0.2) is 30.5 Å². The van der Waals surface area contributed by atoms with Crippen LogP contribution < -0.4 is 20.8 Å². The average molecular weight is 473 g/mol. The predicted molar refractivity (Wildman–Crippen MR) is 137 cm³/mol. The van der Waals surface area contributed by atoms with Gasteiger partial charge in [0.25, 0.3) is 5.91 Å². The second kappa shape index (κ2) is 12.1. The first-order valence-corrected chi connectivity index (χ1v) is 11.2.